The lowest BCUT2D eigenvalue weighted by Gasteiger charge is -2.12. The van der Waals surface area contributed by atoms with Crippen molar-refractivity contribution in [3.63, 3.8) is 0 Å². The number of rotatable bonds is 5. The number of ether oxygens (including phenoxy) is 1. The van der Waals surface area contributed by atoms with E-state index in [1.54, 1.807) is 0 Å². The van der Waals surface area contributed by atoms with Crippen molar-refractivity contribution in [1.82, 2.24) is 0 Å². The van der Waals surface area contributed by atoms with Gasteiger partial charge in [0.1, 0.15) is 5.75 Å². The van der Waals surface area contributed by atoms with Gasteiger partial charge in [0.25, 0.3) is 0 Å². The van der Waals surface area contributed by atoms with E-state index in [0.717, 1.165) is 23.3 Å². The first-order chi connectivity index (χ1) is 7.60. The van der Waals surface area contributed by atoms with Crippen molar-refractivity contribution in [3.05, 3.63) is 28.8 Å². The largest absolute Gasteiger partial charge is 0.493 e. The molecule has 16 heavy (non-hydrogen) atoms. The molecule has 0 aliphatic rings. The Balaban J connectivity index is 3.11. The van der Waals surface area contributed by atoms with Crippen LogP contribution in [0.3, 0.4) is 0 Å². The lowest BCUT2D eigenvalue weighted by Crippen LogP contribution is -2.05. The van der Waals surface area contributed by atoms with Crippen LogP contribution in [0.25, 0.3) is 0 Å². The van der Waals surface area contributed by atoms with E-state index in [9.17, 15) is 4.79 Å². The molecule has 0 heterocycles. The van der Waals surface area contributed by atoms with Crippen LogP contribution in [0.5, 0.6) is 5.75 Å². The Kier molecular flexibility index (Phi) is 4.53. The average molecular weight is 220 g/mol. The third kappa shape index (κ3) is 2.84. The lowest BCUT2D eigenvalue weighted by atomic mass is 10.0. The Labute approximate surface area is 97.6 Å². The monoisotopic (exact) mass is 220 g/mol. The molecule has 0 saturated heterocycles. The van der Waals surface area contributed by atoms with Crippen LogP contribution >= 0.6 is 0 Å². The summed E-state index contributed by atoms with van der Waals surface area (Å²) in [5.74, 6) is 0.881. The summed E-state index contributed by atoms with van der Waals surface area (Å²) in [6, 6.07) is 3.90. The van der Waals surface area contributed by atoms with Crippen LogP contribution in [0.4, 0.5) is 0 Å². The van der Waals surface area contributed by atoms with Crippen LogP contribution in [0, 0.1) is 13.8 Å². The molecule has 1 aromatic carbocycles. The fourth-order valence-corrected chi connectivity index (χ4v) is 1.53. The second-order valence-corrected chi connectivity index (χ2v) is 4.06. The van der Waals surface area contributed by atoms with Gasteiger partial charge in [0.05, 0.1) is 12.2 Å². The summed E-state index contributed by atoms with van der Waals surface area (Å²) in [5.41, 5.74) is 3.03. The molecule has 1 aromatic rings. The van der Waals surface area contributed by atoms with E-state index in [2.05, 4.69) is 6.92 Å². The second-order valence-electron chi connectivity index (χ2n) is 4.06. The van der Waals surface area contributed by atoms with Crippen LogP contribution in [0.2, 0.25) is 0 Å². The normalized spacial score (nSPS) is 10.2. The van der Waals surface area contributed by atoms with E-state index in [1.807, 2.05) is 32.9 Å². The van der Waals surface area contributed by atoms with Crippen LogP contribution in [-0.2, 0) is 0 Å². The van der Waals surface area contributed by atoms with Crippen molar-refractivity contribution in [3.8, 4) is 5.75 Å². The van der Waals surface area contributed by atoms with Gasteiger partial charge < -0.3 is 4.74 Å². The highest BCUT2D eigenvalue weighted by molar-refractivity contribution is 5.98. The summed E-state index contributed by atoms with van der Waals surface area (Å²) in [5, 5.41) is 0. The molecule has 0 aliphatic carbocycles. The smallest absolute Gasteiger partial charge is 0.166 e. The lowest BCUT2D eigenvalue weighted by molar-refractivity contribution is 0.0984. The van der Waals surface area contributed by atoms with Gasteiger partial charge in [-0.05, 0) is 43.5 Å². The van der Waals surface area contributed by atoms with E-state index in [-0.39, 0.29) is 5.78 Å². The van der Waals surface area contributed by atoms with E-state index in [1.165, 1.54) is 5.56 Å². The third-order valence-corrected chi connectivity index (χ3v) is 2.68. The summed E-state index contributed by atoms with van der Waals surface area (Å²) in [4.78, 5) is 11.8. The molecule has 0 unspecified atom stereocenters. The molecule has 0 aliphatic heterocycles. The molecular formula is C14H20O2. The second kappa shape index (κ2) is 5.69. The Morgan fingerprint density at radius 3 is 2.38 bits per heavy atom. The zero-order chi connectivity index (χ0) is 12.1. The van der Waals surface area contributed by atoms with Gasteiger partial charge in [-0.3, -0.25) is 4.79 Å². The van der Waals surface area contributed by atoms with Gasteiger partial charge in [-0.1, -0.05) is 13.8 Å². The minimum absolute atomic E-state index is 0.147. The number of benzene rings is 1. The van der Waals surface area contributed by atoms with Gasteiger partial charge in [-0.2, -0.15) is 0 Å². The number of carbonyl (C=O) groups excluding carboxylic acids is 1. The van der Waals surface area contributed by atoms with Gasteiger partial charge in [0, 0.05) is 6.42 Å². The quantitative estimate of drug-likeness (QED) is 0.707. The molecule has 0 aromatic heterocycles. The number of hydrogen-bond donors (Lipinski definition) is 0. The first-order valence-corrected chi connectivity index (χ1v) is 5.87. The molecule has 0 radical (unpaired) electrons. The number of ketones is 1. The molecule has 0 bridgehead atoms. The first-order valence-electron chi connectivity index (χ1n) is 5.87. The van der Waals surface area contributed by atoms with Gasteiger partial charge >= 0.3 is 0 Å². The maximum atomic E-state index is 11.8. The summed E-state index contributed by atoms with van der Waals surface area (Å²) >= 11 is 0. The molecular weight excluding hydrogens is 200 g/mol. The molecule has 2 nitrogen and oxygen atoms in total. The zero-order valence-corrected chi connectivity index (χ0v) is 10.6. The molecule has 2 heteroatoms. The first kappa shape index (κ1) is 12.8. The van der Waals surface area contributed by atoms with Crippen molar-refractivity contribution in [2.75, 3.05) is 6.61 Å². The predicted molar refractivity (Wildman–Crippen MR) is 66.3 cm³/mol. The number of hydrogen-bond acceptors (Lipinski definition) is 2. The van der Waals surface area contributed by atoms with E-state index in [4.69, 9.17) is 4.74 Å². The fourth-order valence-electron chi connectivity index (χ4n) is 1.53. The maximum absolute atomic E-state index is 11.8. The highest BCUT2D eigenvalue weighted by atomic mass is 16.5. The molecule has 0 fully saturated rings. The van der Waals surface area contributed by atoms with Crippen LogP contribution in [-0.4, -0.2) is 12.4 Å². The molecule has 0 N–H and O–H groups in total. The van der Waals surface area contributed by atoms with E-state index in [0.29, 0.717) is 13.0 Å². The highest BCUT2D eigenvalue weighted by Crippen LogP contribution is 2.24. The molecule has 1 rings (SSSR count). The van der Waals surface area contributed by atoms with Crippen molar-refractivity contribution >= 4 is 5.78 Å². The van der Waals surface area contributed by atoms with E-state index >= 15 is 0 Å². The summed E-state index contributed by atoms with van der Waals surface area (Å²) in [6.45, 7) is 8.65. The number of carbonyl (C=O) groups is 1. The SMILES string of the molecule is CCCOc1cc(C)c(C)cc1C(=O)CC. The standard InChI is InChI=1S/C14H20O2/c1-5-7-16-14-9-11(4)10(3)8-12(14)13(15)6-2/h8-9H,5-7H2,1-4H3. The minimum Gasteiger partial charge on any atom is -0.493 e. The summed E-state index contributed by atoms with van der Waals surface area (Å²) < 4.78 is 5.62. The molecule has 0 atom stereocenters. The molecule has 0 saturated carbocycles. The summed E-state index contributed by atoms with van der Waals surface area (Å²) in [6.07, 6.45) is 1.47. The van der Waals surface area contributed by atoms with E-state index < -0.39 is 0 Å². The molecule has 0 amide bonds. The van der Waals surface area contributed by atoms with Gasteiger partial charge in [0.2, 0.25) is 0 Å². The number of Topliss-reactive ketones (excluding diaryl/α,β-unsaturated/α-hetero) is 1. The van der Waals surface area contributed by atoms with Gasteiger partial charge in [-0.25, -0.2) is 0 Å². The topological polar surface area (TPSA) is 26.3 Å². The Morgan fingerprint density at radius 2 is 1.81 bits per heavy atom. The average Bonchev–Trinajstić information content (AvgIpc) is 2.29. The Hall–Kier alpha value is -1.31. The Morgan fingerprint density at radius 1 is 1.19 bits per heavy atom. The predicted octanol–water partition coefficient (Wildman–Crippen LogP) is 3.68. The van der Waals surface area contributed by atoms with Crippen LogP contribution < -0.4 is 4.74 Å². The van der Waals surface area contributed by atoms with Crippen LogP contribution in [0.15, 0.2) is 12.1 Å². The molecule has 88 valence electrons. The van der Waals surface area contributed by atoms with Gasteiger partial charge in [-0.15, -0.1) is 0 Å². The van der Waals surface area contributed by atoms with Crippen molar-refractivity contribution in [1.29, 1.82) is 0 Å². The van der Waals surface area contributed by atoms with Crippen LogP contribution in [0.1, 0.15) is 48.2 Å². The maximum Gasteiger partial charge on any atom is 0.166 e. The minimum atomic E-state index is 0.147. The highest BCUT2D eigenvalue weighted by Gasteiger charge is 2.12. The van der Waals surface area contributed by atoms with Gasteiger partial charge in [0.15, 0.2) is 5.78 Å². The van der Waals surface area contributed by atoms with Crippen molar-refractivity contribution < 1.29 is 9.53 Å². The van der Waals surface area contributed by atoms with Crippen molar-refractivity contribution in [2.45, 2.75) is 40.5 Å². The Bertz CT molecular complexity index is 381. The summed E-state index contributed by atoms with van der Waals surface area (Å²) in [7, 11) is 0. The third-order valence-electron chi connectivity index (χ3n) is 2.68. The van der Waals surface area contributed by atoms with Crippen molar-refractivity contribution in [2.24, 2.45) is 0 Å². The molecule has 0 spiro atoms. The fraction of sp³-hybridized carbons (Fsp3) is 0.500. The zero-order valence-electron chi connectivity index (χ0n) is 10.6. The number of aryl methyl sites for hydroxylation is 2.